The predicted molar refractivity (Wildman–Crippen MR) is 71.1 cm³/mol. The maximum Gasteiger partial charge on any atom is 0.337 e. The Bertz CT molecular complexity index is 514. The Balaban J connectivity index is 2.90. The number of carbonyl (C=O) groups excluding carboxylic acids is 1. The Morgan fingerprint density at radius 2 is 2.18 bits per heavy atom. The molecule has 0 aliphatic carbocycles. The Labute approximate surface area is 112 Å². The van der Waals surface area contributed by atoms with Gasteiger partial charge in [0, 0.05) is 17.0 Å². The van der Waals surface area contributed by atoms with Crippen LogP contribution in [0.4, 0.5) is 0 Å². The van der Waals surface area contributed by atoms with Gasteiger partial charge in [0.15, 0.2) is 5.12 Å². The highest BCUT2D eigenvalue weighted by atomic mass is 79.9. The molecule has 0 aliphatic heterocycles. The summed E-state index contributed by atoms with van der Waals surface area (Å²) in [7, 11) is 0. The van der Waals surface area contributed by atoms with Crippen molar-refractivity contribution in [2.75, 3.05) is 5.75 Å². The molecule has 0 unspecified atom stereocenters. The maximum atomic E-state index is 11.0. The molecular weight excluding hydrogens is 304 g/mol. The molecule has 1 rings (SSSR count). The highest BCUT2D eigenvalue weighted by Crippen LogP contribution is 2.16. The van der Waals surface area contributed by atoms with Crippen molar-refractivity contribution in [3.05, 3.63) is 33.8 Å². The third-order valence-electron chi connectivity index (χ3n) is 1.78. The van der Waals surface area contributed by atoms with E-state index in [1.807, 2.05) is 0 Å². The molecule has 0 aliphatic rings. The summed E-state index contributed by atoms with van der Waals surface area (Å²) in [6.45, 7) is 1.47. The molecule has 0 atom stereocenters. The number of hydrogen-bond acceptors (Lipinski definition) is 3. The van der Waals surface area contributed by atoms with E-state index in [-0.39, 0.29) is 10.7 Å². The van der Waals surface area contributed by atoms with Gasteiger partial charge in [-0.2, -0.15) is 0 Å². The molecule has 0 fully saturated rings. The van der Waals surface area contributed by atoms with Gasteiger partial charge >= 0.3 is 5.97 Å². The van der Waals surface area contributed by atoms with Crippen LogP contribution in [0.5, 0.6) is 0 Å². The minimum Gasteiger partial charge on any atom is -0.478 e. The van der Waals surface area contributed by atoms with Gasteiger partial charge in [0.05, 0.1) is 11.3 Å². The molecule has 0 saturated heterocycles. The van der Waals surface area contributed by atoms with Crippen LogP contribution >= 0.6 is 27.7 Å². The van der Waals surface area contributed by atoms with Crippen LogP contribution in [-0.2, 0) is 4.79 Å². The molecule has 88 valence electrons. The van der Waals surface area contributed by atoms with Crippen LogP contribution in [0.15, 0.2) is 22.7 Å². The number of rotatable bonds is 2. The average molecular weight is 313 g/mol. The van der Waals surface area contributed by atoms with E-state index in [2.05, 4.69) is 27.8 Å². The van der Waals surface area contributed by atoms with Gasteiger partial charge in [-0.3, -0.25) is 4.79 Å². The molecule has 0 bridgehead atoms. The predicted octanol–water partition coefficient (Wildman–Crippen LogP) is 2.78. The second kappa shape index (κ2) is 6.48. The lowest BCUT2D eigenvalue weighted by molar-refractivity contribution is -0.109. The fraction of sp³-hybridized carbons (Fsp3) is 0.167. The molecule has 0 spiro atoms. The fourth-order valence-electron chi connectivity index (χ4n) is 1.07. The van der Waals surface area contributed by atoms with E-state index in [0.29, 0.717) is 15.8 Å². The van der Waals surface area contributed by atoms with Gasteiger partial charge in [-0.25, -0.2) is 4.79 Å². The van der Waals surface area contributed by atoms with Crippen molar-refractivity contribution in [3.8, 4) is 11.8 Å². The van der Waals surface area contributed by atoms with E-state index >= 15 is 0 Å². The molecule has 1 N–H and O–H groups in total. The largest absolute Gasteiger partial charge is 0.478 e. The van der Waals surface area contributed by atoms with Crippen LogP contribution in [0.1, 0.15) is 22.8 Å². The second-order valence-electron chi connectivity index (χ2n) is 3.08. The highest BCUT2D eigenvalue weighted by molar-refractivity contribution is 9.10. The molecule has 5 heteroatoms. The Morgan fingerprint density at radius 3 is 2.76 bits per heavy atom. The standard InChI is InChI=1S/C12H9BrO3S/c1-8(14)17-6-2-3-9-4-5-10(13)7-11(9)12(15)16/h4-5,7H,6H2,1H3,(H,15,16). The summed E-state index contributed by atoms with van der Waals surface area (Å²) in [5.41, 5.74) is 0.601. The van der Waals surface area contributed by atoms with Crippen LogP contribution in [0.3, 0.4) is 0 Å². The number of thioether (sulfide) groups is 1. The lowest BCUT2D eigenvalue weighted by Crippen LogP contribution is -1.99. The summed E-state index contributed by atoms with van der Waals surface area (Å²) >= 11 is 4.30. The van der Waals surface area contributed by atoms with Gasteiger partial charge in [0.1, 0.15) is 0 Å². The summed E-state index contributed by atoms with van der Waals surface area (Å²) in [6, 6.07) is 4.87. The molecule has 0 aromatic heterocycles. The first-order valence-corrected chi connectivity index (χ1v) is 6.43. The van der Waals surface area contributed by atoms with Crippen LogP contribution in [0.25, 0.3) is 0 Å². The molecular formula is C12H9BrO3S. The average Bonchev–Trinajstić information content (AvgIpc) is 2.25. The number of hydrogen-bond donors (Lipinski definition) is 1. The van der Waals surface area contributed by atoms with E-state index in [4.69, 9.17) is 5.11 Å². The van der Waals surface area contributed by atoms with Crippen molar-refractivity contribution in [3.63, 3.8) is 0 Å². The Kier molecular flexibility index (Phi) is 5.26. The van der Waals surface area contributed by atoms with Gasteiger partial charge in [-0.15, -0.1) is 0 Å². The number of benzene rings is 1. The smallest absolute Gasteiger partial charge is 0.337 e. The summed E-state index contributed by atoms with van der Waals surface area (Å²) in [4.78, 5) is 21.6. The molecule has 17 heavy (non-hydrogen) atoms. The second-order valence-corrected chi connectivity index (χ2v) is 5.15. The molecule has 1 aromatic rings. The minimum absolute atomic E-state index is 0.00596. The van der Waals surface area contributed by atoms with Gasteiger partial charge < -0.3 is 5.11 Å². The van der Waals surface area contributed by atoms with E-state index < -0.39 is 5.97 Å². The summed E-state index contributed by atoms with van der Waals surface area (Å²) in [5, 5.41) is 8.98. The van der Waals surface area contributed by atoms with Crippen LogP contribution in [-0.4, -0.2) is 21.9 Å². The maximum absolute atomic E-state index is 11.0. The SMILES string of the molecule is CC(=O)SCC#Cc1ccc(Br)cc1C(=O)O. The first-order chi connectivity index (χ1) is 8.00. The van der Waals surface area contributed by atoms with Crippen LogP contribution in [0.2, 0.25) is 0 Å². The van der Waals surface area contributed by atoms with E-state index in [0.717, 1.165) is 11.8 Å². The zero-order valence-electron chi connectivity index (χ0n) is 8.99. The molecule has 0 saturated carbocycles. The summed E-state index contributed by atoms with van der Waals surface area (Å²) in [5.74, 6) is 4.86. The monoisotopic (exact) mass is 312 g/mol. The number of carboxylic acids is 1. The zero-order valence-corrected chi connectivity index (χ0v) is 11.4. The number of carbonyl (C=O) groups is 2. The molecule has 3 nitrogen and oxygen atoms in total. The van der Waals surface area contributed by atoms with Crippen LogP contribution < -0.4 is 0 Å². The minimum atomic E-state index is -1.02. The molecule has 0 radical (unpaired) electrons. The Hall–Kier alpha value is -1.25. The number of carboxylic acid groups (broad SMARTS) is 1. The third kappa shape index (κ3) is 4.63. The van der Waals surface area contributed by atoms with E-state index in [9.17, 15) is 9.59 Å². The molecule has 1 aromatic carbocycles. The van der Waals surface area contributed by atoms with Crippen molar-refractivity contribution in [2.45, 2.75) is 6.92 Å². The lowest BCUT2D eigenvalue weighted by atomic mass is 10.1. The van der Waals surface area contributed by atoms with Crippen molar-refractivity contribution in [1.82, 2.24) is 0 Å². The normalized spacial score (nSPS) is 9.29. The van der Waals surface area contributed by atoms with Crippen molar-refractivity contribution < 1.29 is 14.7 Å². The molecule has 0 amide bonds. The van der Waals surface area contributed by atoms with Crippen molar-refractivity contribution in [2.24, 2.45) is 0 Å². The number of aromatic carboxylic acids is 1. The zero-order chi connectivity index (χ0) is 12.8. The Morgan fingerprint density at radius 1 is 1.47 bits per heavy atom. The van der Waals surface area contributed by atoms with E-state index in [1.54, 1.807) is 12.1 Å². The number of halogens is 1. The lowest BCUT2D eigenvalue weighted by Gasteiger charge is -1.99. The van der Waals surface area contributed by atoms with Gasteiger partial charge in [0.25, 0.3) is 0 Å². The molecule has 0 heterocycles. The highest BCUT2D eigenvalue weighted by Gasteiger charge is 2.08. The quantitative estimate of drug-likeness (QED) is 0.853. The fourth-order valence-corrected chi connectivity index (χ4v) is 1.78. The summed E-state index contributed by atoms with van der Waals surface area (Å²) in [6.07, 6.45) is 0. The van der Waals surface area contributed by atoms with Crippen molar-refractivity contribution >= 4 is 38.8 Å². The third-order valence-corrected chi connectivity index (χ3v) is 2.97. The van der Waals surface area contributed by atoms with Crippen LogP contribution in [0, 0.1) is 11.8 Å². The topological polar surface area (TPSA) is 54.4 Å². The van der Waals surface area contributed by atoms with E-state index in [1.165, 1.54) is 13.0 Å². The first-order valence-electron chi connectivity index (χ1n) is 4.66. The summed E-state index contributed by atoms with van der Waals surface area (Å²) < 4.78 is 0.693. The van der Waals surface area contributed by atoms with Gasteiger partial charge in [0.2, 0.25) is 0 Å². The van der Waals surface area contributed by atoms with Gasteiger partial charge in [-0.1, -0.05) is 39.5 Å². The first kappa shape index (κ1) is 13.8. The van der Waals surface area contributed by atoms with Gasteiger partial charge in [-0.05, 0) is 18.2 Å². The van der Waals surface area contributed by atoms with Crippen molar-refractivity contribution in [1.29, 1.82) is 0 Å².